The van der Waals surface area contributed by atoms with Gasteiger partial charge < -0.3 is 20.5 Å². The molecule has 1 aromatic carbocycles. The number of nitrogens with zero attached hydrogens (tertiary/aromatic N) is 1. The van der Waals surface area contributed by atoms with Gasteiger partial charge in [0.25, 0.3) is 21.9 Å². The molecule has 0 saturated carbocycles. The fourth-order valence-electron chi connectivity index (χ4n) is 4.16. The van der Waals surface area contributed by atoms with Crippen molar-refractivity contribution >= 4 is 27.6 Å². The average molecular weight is 582 g/mol. The monoisotopic (exact) mass is 581 g/mol. The van der Waals surface area contributed by atoms with Crippen molar-refractivity contribution < 1.29 is 53.6 Å². The Morgan fingerprint density at radius 3 is 2.46 bits per heavy atom. The molecule has 2 heterocycles. The number of benzene rings is 1. The van der Waals surface area contributed by atoms with Gasteiger partial charge in [-0.2, -0.15) is 26.0 Å². The van der Waals surface area contributed by atoms with E-state index in [-0.39, 0.29) is 16.9 Å². The molecule has 1 aliphatic rings. The van der Waals surface area contributed by atoms with Crippen molar-refractivity contribution in [3.8, 4) is 5.75 Å². The van der Waals surface area contributed by atoms with Gasteiger partial charge in [-0.25, -0.2) is 4.39 Å². The van der Waals surface area contributed by atoms with E-state index in [4.69, 9.17) is 15.2 Å². The van der Waals surface area contributed by atoms with Crippen LogP contribution in [0.15, 0.2) is 30.5 Å². The van der Waals surface area contributed by atoms with Crippen LogP contribution in [0, 0.1) is 17.6 Å². The molecule has 3 N–H and O–H groups in total. The predicted molar refractivity (Wildman–Crippen MR) is 125 cm³/mol. The summed E-state index contributed by atoms with van der Waals surface area (Å²) in [5.41, 5.74) is 1.65. The fourth-order valence-corrected chi connectivity index (χ4v) is 4.54. The van der Waals surface area contributed by atoms with Crippen LogP contribution in [-0.4, -0.2) is 62.6 Å². The normalized spacial score (nSPS) is 23.4. The smallest absolute Gasteiger partial charge is 0.417 e. The molecule has 1 aliphatic heterocycles. The molecular formula is C23H24F5N3O7S. The minimum atomic E-state index is -4.99. The number of anilines is 1. The Bertz CT molecular complexity index is 1370. The number of pyridine rings is 1. The lowest BCUT2D eigenvalue weighted by Gasteiger charge is -2.32. The van der Waals surface area contributed by atoms with Gasteiger partial charge in [0.1, 0.15) is 25.0 Å². The molecule has 2 aromatic rings. The summed E-state index contributed by atoms with van der Waals surface area (Å²) >= 11 is 0. The van der Waals surface area contributed by atoms with Crippen molar-refractivity contribution in [3.63, 3.8) is 0 Å². The molecule has 16 heteroatoms. The third-order valence-electron chi connectivity index (χ3n) is 6.27. The van der Waals surface area contributed by atoms with E-state index in [9.17, 15) is 40.0 Å². The summed E-state index contributed by atoms with van der Waals surface area (Å²) in [5, 5.41) is 2.33. The number of aromatic nitrogens is 1. The minimum Gasteiger partial charge on any atom is -0.488 e. The zero-order chi connectivity index (χ0) is 29.3. The number of hydrogen-bond acceptors (Lipinski definition) is 8. The first-order chi connectivity index (χ1) is 18.0. The van der Waals surface area contributed by atoms with Crippen LogP contribution in [0.25, 0.3) is 0 Å². The molecule has 4 atom stereocenters. The van der Waals surface area contributed by atoms with Crippen molar-refractivity contribution in [1.82, 2.24) is 4.98 Å². The van der Waals surface area contributed by atoms with E-state index in [1.807, 2.05) is 0 Å². The van der Waals surface area contributed by atoms with E-state index in [2.05, 4.69) is 14.5 Å². The number of alkyl halides is 3. The second-order valence-electron chi connectivity index (χ2n) is 8.90. The van der Waals surface area contributed by atoms with Crippen LogP contribution in [0.5, 0.6) is 5.75 Å². The van der Waals surface area contributed by atoms with E-state index in [1.165, 1.54) is 6.07 Å². The summed E-state index contributed by atoms with van der Waals surface area (Å²) in [6, 6.07) is 3.94. The van der Waals surface area contributed by atoms with Crippen molar-refractivity contribution in [2.24, 2.45) is 11.7 Å². The zero-order valence-corrected chi connectivity index (χ0v) is 21.5. The summed E-state index contributed by atoms with van der Waals surface area (Å²) in [5.74, 6) is -8.91. The van der Waals surface area contributed by atoms with Gasteiger partial charge >= 0.3 is 6.18 Å². The standard InChI is InChI=1S/C23H24F5N3O7S/c1-11-16(13-4-5-14(24)17(25)18(13)36-8-9-37-39(3,34)35)19(38-22(11,2)23(26,27)28)21(33)31-12-6-7-30-15(10-12)20(29)32/h4-7,10-11,16,19H,8-9H2,1-3H3,(H2,29,32)(H,30,31,33)/t11-,16-,19+,22+/m0/s1. The van der Waals surface area contributed by atoms with Gasteiger partial charge in [0.05, 0.1) is 6.26 Å². The number of halogens is 5. The van der Waals surface area contributed by atoms with Crippen LogP contribution in [0.1, 0.15) is 35.8 Å². The molecule has 1 saturated heterocycles. The van der Waals surface area contributed by atoms with Crippen LogP contribution in [0.4, 0.5) is 27.6 Å². The number of ether oxygens (including phenoxy) is 2. The number of rotatable bonds is 9. The quantitative estimate of drug-likeness (QED) is 0.261. The number of nitrogens with two attached hydrogens (primary N) is 1. The maximum Gasteiger partial charge on any atom is 0.417 e. The Labute approximate surface area is 219 Å². The highest BCUT2D eigenvalue weighted by molar-refractivity contribution is 7.85. The Balaban J connectivity index is 2.04. The molecule has 0 unspecified atom stereocenters. The molecule has 0 radical (unpaired) electrons. The highest BCUT2D eigenvalue weighted by Gasteiger charge is 2.66. The van der Waals surface area contributed by atoms with Gasteiger partial charge in [0.15, 0.2) is 17.2 Å². The van der Waals surface area contributed by atoms with Crippen LogP contribution >= 0.6 is 0 Å². The number of amides is 2. The first kappa shape index (κ1) is 30.2. The molecule has 214 valence electrons. The van der Waals surface area contributed by atoms with E-state index in [0.29, 0.717) is 6.07 Å². The average Bonchev–Trinajstić information content (AvgIpc) is 3.10. The topological polar surface area (TPSA) is 147 Å². The molecule has 0 bridgehead atoms. The third-order valence-corrected chi connectivity index (χ3v) is 6.87. The van der Waals surface area contributed by atoms with Gasteiger partial charge in [0, 0.05) is 29.3 Å². The molecule has 2 amide bonds. The maximum absolute atomic E-state index is 14.9. The molecule has 0 aliphatic carbocycles. The molecule has 10 nitrogen and oxygen atoms in total. The minimum absolute atomic E-state index is 0.0425. The summed E-state index contributed by atoms with van der Waals surface area (Å²) in [6.45, 7) is 0.610. The van der Waals surface area contributed by atoms with E-state index in [1.54, 1.807) is 0 Å². The number of nitrogens with one attached hydrogen (secondary N) is 1. The Morgan fingerprint density at radius 2 is 1.87 bits per heavy atom. The van der Waals surface area contributed by atoms with Crippen molar-refractivity contribution in [3.05, 3.63) is 53.4 Å². The number of carbonyl (C=O) groups excluding carboxylic acids is 2. The maximum atomic E-state index is 14.9. The fraction of sp³-hybridized carbons (Fsp3) is 0.435. The second-order valence-corrected chi connectivity index (χ2v) is 10.5. The molecule has 3 rings (SSSR count). The highest BCUT2D eigenvalue weighted by atomic mass is 32.2. The molecular weight excluding hydrogens is 557 g/mol. The van der Waals surface area contributed by atoms with E-state index < -0.39 is 82.2 Å². The van der Waals surface area contributed by atoms with Gasteiger partial charge in [-0.15, -0.1) is 0 Å². The van der Waals surface area contributed by atoms with Crippen LogP contribution in [0.3, 0.4) is 0 Å². The number of carbonyl (C=O) groups is 2. The molecule has 1 fully saturated rings. The van der Waals surface area contributed by atoms with Gasteiger partial charge in [0.2, 0.25) is 5.82 Å². The first-order valence-corrected chi connectivity index (χ1v) is 13.0. The van der Waals surface area contributed by atoms with Crippen LogP contribution in [0.2, 0.25) is 0 Å². The zero-order valence-electron chi connectivity index (χ0n) is 20.7. The van der Waals surface area contributed by atoms with Gasteiger partial charge in [-0.1, -0.05) is 13.0 Å². The molecule has 39 heavy (non-hydrogen) atoms. The van der Waals surface area contributed by atoms with E-state index in [0.717, 1.165) is 38.4 Å². The largest absolute Gasteiger partial charge is 0.488 e. The predicted octanol–water partition coefficient (Wildman–Crippen LogP) is 2.89. The Kier molecular flexibility index (Phi) is 8.52. The van der Waals surface area contributed by atoms with Gasteiger partial charge in [-0.3, -0.25) is 18.8 Å². The van der Waals surface area contributed by atoms with Crippen LogP contribution in [-0.2, 0) is 23.8 Å². The first-order valence-electron chi connectivity index (χ1n) is 11.2. The summed E-state index contributed by atoms with van der Waals surface area (Å²) in [6.07, 6.45) is -5.02. The van der Waals surface area contributed by atoms with Gasteiger partial charge in [-0.05, 0) is 25.1 Å². The third kappa shape index (κ3) is 6.45. The number of hydrogen-bond donors (Lipinski definition) is 2. The Morgan fingerprint density at radius 1 is 1.21 bits per heavy atom. The summed E-state index contributed by atoms with van der Waals surface area (Å²) < 4.78 is 109. The van der Waals surface area contributed by atoms with Crippen molar-refractivity contribution in [1.29, 1.82) is 0 Å². The van der Waals surface area contributed by atoms with E-state index >= 15 is 0 Å². The SMILES string of the molecule is C[C@H]1[C@@H](c2ccc(F)c(F)c2OCCOS(C)(=O)=O)[C@H](C(=O)Nc2ccnc(C(N)=O)c2)O[C@@]1(C)C(F)(F)F. The van der Waals surface area contributed by atoms with Crippen LogP contribution < -0.4 is 15.8 Å². The Hall–Kier alpha value is -3.37. The molecule has 1 aromatic heterocycles. The second kappa shape index (κ2) is 11.0. The lowest BCUT2D eigenvalue weighted by atomic mass is 9.77. The number of primary amides is 1. The highest BCUT2D eigenvalue weighted by Crippen LogP contribution is 2.55. The summed E-state index contributed by atoms with van der Waals surface area (Å²) in [7, 11) is -3.90. The molecule has 0 spiro atoms. The lowest BCUT2D eigenvalue weighted by Crippen LogP contribution is -2.47. The van der Waals surface area contributed by atoms with Crippen molar-refractivity contribution in [2.75, 3.05) is 24.8 Å². The summed E-state index contributed by atoms with van der Waals surface area (Å²) in [4.78, 5) is 28.4. The lowest BCUT2D eigenvalue weighted by molar-refractivity contribution is -0.272. The van der Waals surface area contributed by atoms with Crippen molar-refractivity contribution in [2.45, 2.75) is 37.6 Å².